The molecule has 0 aromatic heterocycles. The molecule has 0 radical (unpaired) electrons. The molecule has 0 unspecified atom stereocenters. The minimum atomic E-state index is -1.29. The molecule has 102 valence electrons. The van der Waals surface area contributed by atoms with Gasteiger partial charge in [-0.15, -0.1) is 0 Å². The van der Waals surface area contributed by atoms with Crippen molar-refractivity contribution < 1.29 is 0 Å². The molecule has 1 aromatic carbocycles. The van der Waals surface area contributed by atoms with Crippen LogP contribution in [-0.2, 0) is 0 Å². The third-order valence-electron chi connectivity index (χ3n) is 5.33. The molecule has 0 amide bonds. The van der Waals surface area contributed by atoms with E-state index in [2.05, 4.69) is 76.9 Å². The van der Waals surface area contributed by atoms with E-state index in [0.29, 0.717) is 0 Å². The Kier molecular flexibility index (Phi) is 4.84. The standard InChI is InChI=1S/C15H30Si3/c1-8-18(9-2,16(3,4)5)17(6,7)15-13-11-10-12-14-15/h10-14H,8-9H2,1-7H3. The second kappa shape index (κ2) is 5.47. The maximum absolute atomic E-state index is 2.65. The van der Waals surface area contributed by atoms with Crippen molar-refractivity contribution in [2.24, 2.45) is 0 Å². The zero-order valence-electron chi connectivity index (χ0n) is 13.3. The molecule has 1 aromatic rings. The Balaban J connectivity index is 3.38. The van der Waals surface area contributed by atoms with E-state index in [9.17, 15) is 0 Å². The summed E-state index contributed by atoms with van der Waals surface area (Å²) in [6.07, 6.45) is 0. The van der Waals surface area contributed by atoms with Gasteiger partial charge in [-0.2, -0.15) is 0 Å². The Bertz CT molecular complexity index is 372. The van der Waals surface area contributed by atoms with Crippen molar-refractivity contribution in [3.8, 4) is 0 Å². The summed E-state index contributed by atoms with van der Waals surface area (Å²) in [5.41, 5.74) is 0. The normalized spacial score (nSPS) is 13.7. The van der Waals surface area contributed by atoms with Gasteiger partial charge in [-0.05, 0) is 0 Å². The quantitative estimate of drug-likeness (QED) is 0.697. The maximum Gasteiger partial charge on any atom is 0.0718 e. The summed E-state index contributed by atoms with van der Waals surface area (Å²) < 4.78 is 0. The summed E-state index contributed by atoms with van der Waals surface area (Å²) in [7, 11) is -3.48. The Labute approximate surface area is 116 Å². The van der Waals surface area contributed by atoms with Crippen LogP contribution in [0.25, 0.3) is 0 Å². The first kappa shape index (κ1) is 15.9. The largest absolute Gasteiger partial charge is 0.0718 e. The minimum absolute atomic E-state index is 1.05. The van der Waals surface area contributed by atoms with Crippen molar-refractivity contribution in [1.82, 2.24) is 0 Å². The average molecular weight is 295 g/mol. The Hall–Kier alpha value is -0.129. The third-order valence-corrected chi connectivity index (χ3v) is 48.1. The van der Waals surface area contributed by atoms with Gasteiger partial charge in [0.25, 0.3) is 0 Å². The fourth-order valence-electron chi connectivity index (χ4n) is 4.26. The van der Waals surface area contributed by atoms with Crippen LogP contribution in [0.5, 0.6) is 0 Å². The second-order valence-corrected chi connectivity index (χ2v) is 34.4. The van der Waals surface area contributed by atoms with E-state index in [1.807, 2.05) is 0 Å². The van der Waals surface area contributed by atoms with Crippen LogP contribution in [0.1, 0.15) is 13.8 Å². The average Bonchev–Trinajstić information content (AvgIpc) is 2.30. The summed E-state index contributed by atoms with van der Waals surface area (Å²) in [4.78, 5) is 0. The second-order valence-electron chi connectivity index (χ2n) is 7.03. The van der Waals surface area contributed by atoms with Crippen molar-refractivity contribution in [2.45, 2.75) is 58.7 Å². The predicted octanol–water partition coefficient (Wildman–Crippen LogP) is 4.59. The number of hydrogen-bond donors (Lipinski definition) is 0. The van der Waals surface area contributed by atoms with E-state index in [4.69, 9.17) is 0 Å². The van der Waals surface area contributed by atoms with Gasteiger partial charge in [-0.25, -0.2) is 0 Å². The highest BCUT2D eigenvalue weighted by Gasteiger charge is 2.54. The van der Waals surface area contributed by atoms with Crippen LogP contribution >= 0.6 is 0 Å². The first-order chi connectivity index (χ1) is 8.23. The maximum atomic E-state index is 2.65. The molecular formula is C15H30Si3. The lowest BCUT2D eigenvalue weighted by Gasteiger charge is -2.51. The smallest absolute Gasteiger partial charge is 0.0716 e. The van der Waals surface area contributed by atoms with E-state index in [0.717, 1.165) is 0 Å². The van der Waals surface area contributed by atoms with Crippen molar-refractivity contribution >= 4 is 27.5 Å². The topological polar surface area (TPSA) is 0 Å². The Morgan fingerprint density at radius 3 is 1.56 bits per heavy atom. The molecule has 0 bridgehead atoms. The highest BCUT2D eigenvalue weighted by molar-refractivity contribution is 7.71. The van der Waals surface area contributed by atoms with Gasteiger partial charge in [0.1, 0.15) is 0 Å². The molecule has 0 saturated heterocycles. The van der Waals surface area contributed by atoms with Gasteiger partial charge >= 0.3 is 0 Å². The lowest BCUT2D eigenvalue weighted by atomic mass is 10.4. The first-order valence-corrected chi connectivity index (χ1v) is 18.2. The molecule has 0 aliphatic rings. The molecule has 0 N–H and O–H groups in total. The van der Waals surface area contributed by atoms with Crippen molar-refractivity contribution in [2.75, 3.05) is 0 Å². The van der Waals surface area contributed by atoms with Gasteiger partial charge in [-0.1, -0.05) is 94.2 Å². The van der Waals surface area contributed by atoms with Crippen LogP contribution in [0.3, 0.4) is 0 Å². The molecule has 0 fully saturated rings. The van der Waals surface area contributed by atoms with E-state index in [1.165, 1.54) is 12.1 Å². The molecule has 0 aliphatic carbocycles. The molecule has 0 saturated carbocycles. The summed E-state index contributed by atoms with van der Waals surface area (Å²) in [5, 5.41) is 1.70. The molecular weight excluding hydrogens is 264 g/mol. The lowest BCUT2D eigenvalue weighted by Crippen LogP contribution is -2.76. The summed E-state index contributed by atoms with van der Waals surface area (Å²) in [6, 6.07) is 14.4. The highest BCUT2D eigenvalue weighted by Crippen LogP contribution is 2.35. The van der Waals surface area contributed by atoms with Crippen molar-refractivity contribution in [3.63, 3.8) is 0 Å². The van der Waals surface area contributed by atoms with Crippen LogP contribution in [-0.4, -0.2) is 22.3 Å². The fourth-order valence-corrected chi connectivity index (χ4v) is 49.7. The first-order valence-electron chi connectivity index (χ1n) is 7.28. The van der Waals surface area contributed by atoms with E-state index in [1.54, 1.807) is 5.19 Å². The van der Waals surface area contributed by atoms with Gasteiger partial charge in [-0.3, -0.25) is 0 Å². The SMILES string of the molecule is CC[Si](CC)([Si](C)(C)C)[Si](C)(C)c1ccccc1. The van der Waals surface area contributed by atoms with Crippen LogP contribution in [0.4, 0.5) is 0 Å². The fraction of sp³-hybridized carbons (Fsp3) is 0.600. The molecule has 0 nitrogen and oxygen atoms in total. The number of rotatable bonds is 5. The number of hydrogen-bond acceptors (Lipinski definition) is 0. The molecule has 0 atom stereocenters. The zero-order chi connectivity index (χ0) is 14.0. The summed E-state index contributed by atoms with van der Waals surface area (Å²) in [5.74, 6) is 0. The van der Waals surface area contributed by atoms with Gasteiger partial charge in [0.05, 0.1) is 7.59 Å². The van der Waals surface area contributed by atoms with Gasteiger partial charge in [0.15, 0.2) is 0 Å². The molecule has 0 heterocycles. The van der Waals surface area contributed by atoms with Crippen LogP contribution in [0, 0.1) is 0 Å². The molecule has 3 heteroatoms. The molecule has 18 heavy (non-hydrogen) atoms. The van der Waals surface area contributed by atoms with Gasteiger partial charge < -0.3 is 0 Å². The van der Waals surface area contributed by atoms with E-state index in [-0.39, 0.29) is 0 Å². The van der Waals surface area contributed by atoms with E-state index >= 15 is 0 Å². The molecule has 0 spiro atoms. The molecule has 1 rings (SSSR count). The third kappa shape index (κ3) is 2.45. The minimum Gasteiger partial charge on any atom is -0.0716 e. The zero-order valence-corrected chi connectivity index (χ0v) is 16.3. The summed E-state index contributed by atoms with van der Waals surface area (Å²) in [6.45, 7) is 18.1. The Morgan fingerprint density at radius 2 is 1.22 bits per heavy atom. The van der Waals surface area contributed by atoms with Gasteiger partial charge in [0, 0.05) is 14.7 Å². The monoisotopic (exact) mass is 294 g/mol. The lowest BCUT2D eigenvalue weighted by molar-refractivity contribution is 1.31. The van der Waals surface area contributed by atoms with Crippen molar-refractivity contribution in [1.29, 1.82) is 0 Å². The highest BCUT2D eigenvalue weighted by atomic mass is 29.6. The van der Waals surface area contributed by atoms with Crippen LogP contribution in [0.2, 0.25) is 44.8 Å². The number of benzene rings is 1. The van der Waals surface area contributed by atoms with E-state index < -0.39 is 22.3 Å². The van der Waals surface area contributed by atoms with Crippen molar-refractivity contribution in [3.05, 3.63) is 30.3 Å². The van der Waals surface area contributed by atoms with Gasteiger partial charge in [0.2, 0.25) is 0 Å². The summed E-state index contributed by atoms with van der Waals surface area (Å²) >= 11 is 0. The van der Waals surface area contributed by atoms with Crippen LogP contribution < -0.4 is 5.19 Å². The predicted molar refractivity (Wildman–Crippen MR) is 93.6 cm³/mol. The van der Waals surface area contributed by atoms with Crippen LogP contribution in [0.15, 0.2) is 30.3 Å². The molecule has 0 aliphatic heterocycles. The Morgan fingerprint density at radius 1 is 0.778 bits per heavy atom.